The molecule has 5 heteroatoms. The van der Waals surface area contributed by atoms with Gasteiger partial charge in [-0.25, -0.2) is 4.79 Å². The minimum atomic E-state index is -1.01. The van der Waals surface area contributed by atoms with Crippen LogP contribution in [0.2, 0.25) is 0 Å². The quantitative estimate of drug-likeness (QED) is 0.265. The molecule has 4 rings (SSSR count). The molecule has 0 aliphatic rings. The summed E-state index contributed by atoms with van der Waals surface area (Å²) in [5.41, 5.74) is 3.63. The van der Waals surface area contributed by atoms with E-state index in [4.69, 9.17) is 4.42 Å². The first-order chi connectivity index (χ1) is 15.4. The number of hydrogen-bond acceptors (Lipinski definition) is 4. The molecule has 0 bridgehead atoms. The number of Topliss-reactive ketones (excluding diaryl/α,β-unsaturated/α-hetero) is 1. The van der Waals surface area contributed by atoms with Gasteiger partial charge in [-0.2, -0.15) is 0 Å². The van der Waals surface area contributed by atoms with Crippen molar-refractivity contribution in [1.29, 1.82) is 0 Å². The molecule has 0 spiro atoms. The van der Waals surface area contributed by atoms with Crippen molar-refractivity contribution in [2.75, 3.05) is 5.32 Å². The zero-order chi connectivity index (χ0) is 22.7. The third-order valence-corrected chi connectivity index (χ3v) is 5.60. The Morgan fingerprint density at radius 3 is 2.19 bits per heavy atom. The molecule has 160 valence electrons. The predicted molar refractivity (Wildman–Crippen MR) is 125 cm³/mol. The molecule has 3 aromatic carbocycles. The molecule has 5 nitrogen and oxygen atoms in total. The molecule has 4 aromatic rings. The SMILES string of the molecule is Cc1cc2oc(=O)cc(C[C@H](C(=O)Nc3ccccc3)C(=O)c3ccccc3)c2cc1C. The van der Waals surface area contributed by atoms with Crippen LogP contribution in [0, 0.1) is 19.8 Å². The minimum Gasteiger partial charge on any atom is -0.423 e. The van der Waals surface area contributed by atoms with Crippen molar-refractivity contribution in [3.8, 4) is 0 Å². The number of fused-ring (bicyclic) bond motifs is 1. The summed E-state index contributed by atoms with van der Waals surface area (Å²) in [4.78, 5) is 38.8. The molecule has 1 heterocycles. The van der Waals surface area contributed by atoms with E-state index < -0.39 is 17.5 Å². The second kappa shape index (κ2) is 9.02. The van der Waals surface area contributed by atoms with Gasteiger partial charge >= 0.3 is 5.63 Å². The fourth-order valence-corrected chi connectivity index (χ4v) is 3.73. The number of aryl methyl sites for hydroxylation is 2. The average molecular weight is 425 g/mol. The van der Waals surface area contributed by atoms with Crippen LogP contribution in [-0.4, -0.2) is 11.7 Å². The number of nitrogens with one attached hydrogen (secondary N) is 1. The maximum atomic E-state index is 13.4. The van der Waals surface area contributed by atoms with Gasteiger partial charge in [0.05, 0.1) is 0 Å². The first kappa shape index (κ1) is 21.2. The third-order valence-electron chi connectivity index (χ3n) is 5.60. The van der Waals surface area contributed by atoms with E-state index in [0.29, 0.717) is 22.4 Å². The van der Waals surface area contributed by atoms with Crippen LogP contribution in [0.25, 0.3) is 11.0 Å². The van der Waals surface area contributed by atoms with E-state index in [1.807, 2.05) is 50.2 Å². The van der Waals surface area contributed by atoms with E-state index in [0.717, 1.165) is 16.5 Å². The summed E-state index contributed by atoms with van der Waals surface area (Å²) in [5.74, 6) is -1.73. The molecule has 1 atom stereocenters. The summed E-state index contributed by atoms with van der Waals surface area (Å²) in [5, 5.41) is 3.56. The second-order valence-electron chi connectivity index (χ2n) is 7.87. The van der Waals surface area contributed by atoms with E-state index in [-0.39, 0.29) is 12.2 Å². The second-order valence-corrected chi connectivity index (χ2v) is 7.87. The molecule has 0 aliphatic heterocycles. The van der Waals surface area contributed by atoms with Crippen LogP contribution in [0.15, 0.2) is 88.1 Å². The Bertz CT molecular complexity index is 1340. The lowest BCUT2D eigenvalue weighted by Gasteiger charge is -2.17. The normalized spacial score (nSPS) is 11.8. The molecule has 0 saturated heterocycles. The molecule has 0 aliphatic carbocycles. The van der Waals surface area contributed by atoms with Crippen molar-refractivity contribution in [2.24, 2.45) is 5.92 Å². The maximum absolute atomic E-state index is 13.4. The van der Waals surface area contributed by atoms with Crippen LogP contribution in [0.4, 0.5) is 5.69 Å². The Balaban J connectivity index is 1.77. The number of carbonyl (C=O) groups is 2. The monoisotopic (exact) mass is 425 g/mol. The first-order valence-corrected chi connectivity index (χ1v) is 10.4. The number of anilines is 1. The summed E-state index contributed by atoms with van der Waals surface area (Å²) in [7, 11) is 0. The number of hydrogen-bond donors (Lipinski definition) is 1. The van der Waals surface area contributed by atoms with Crippen LogP contribution in [0.5, 0.6) is 0 Å². The molecule has 1 N–H and O–H groups in total. The number of amides is 1. The van der Waals surface area contributed by atoms with Gasteiger partial charge in [-0.1, -0.05) is 48.5 Å². The average Bonchev–Trinajstić information content (AvgIpc) is 2.79. The summed E-state index contributed by atoms with van der Waals surface area (Å²) in [6, 6.07) is 22.8. The standard InChI is InChI=1S/C27H23NO4/c1-17-13-22-20(16-25(29)32-24(22)14-18(17)2)15-23(26(30)19-9-5-3-6-10-19)27(31)28-21-11-7-4-8-12-21/h3-14,16,23H,15H2,1-2H3,(H,28,31)/t23-/m0/s1. The molecule has 0 radical (unpaired) electrons. The van der Waals surface area contributed by atoms with Crippen LogP contribution >= 0.6 is 0 Å². The van der Waals surface area contributed by atoms with Gasteiger partial charge < -0.3 is 9.73 Å². The summed E-state index contributed by atoms with van der Waals surface area (Å²) in [6.45, 7) is 3.91. The van der Waals surface area contributed by atoms with Gasteiger partial charge in [0.25, 0.3) is 0 Å². The molecule has 0 fully saturated rings. The lowest BCUT2D eigenvalue weighted by molar-refractivity contribution is -0.118. The molecule has 1 amide bonds. The van der Waals surface area contributed by atoms with Crippen molar-refractivity contribution in [2.45, 2.75) is 20.3 Å². The smallest absolute Gasteiger partial charge is 0.336 e. The van der Waals surface area contributed by atoms with Crippen LogP contribution < -0.4 is 10.9 Å². The van der Waals surface area contributed by atoms with Crippen LogP contribution in [0.1, 0.15) is 27.0 Å². The van der Waals surface area contributed by atoms with Gasteiger partial charge in [0, 0.05) is 22.7 Å². The lowest BCUT2D eigenvalue weighted by Crippen LogP contribution is -2.32. The van der Waals surface area contributed by atoms with E-state index in [2.05, 4.69) is 5.32 Å². The van der Waals surface area contributed by atoms with Crippen molar-refractivity contribution in [1.82, 2.24) is 0 Å². The Morgan fingerprint density at radius 2 is 1.50 bits per heavy atom. The fraction of sp³-hybridized carbons (Fsp3) is 0.148. The molecule has 0 saturated carbocycles. The Morgan fingerprint density at radius 1 is 0.875 bits per heavy atom. The molecule has 1 aromatic heterocycles. The number of ketones is 1. The van der Waals surface area contributed by atoms with E-state index in [9.17, 15) is 14.4 Å². The van der Waals surface area contributed by atoms with Gasteiger partial charge in [0.1, 0.15) is 11.5 Å². The number of carbonyl (C=O) groups excluding carboxylic acids is 2. The van der Waals surface area contributed by atoms with Gasteiger partial charge in [-0.15, -0.1) is 0 Å². The largest absolute Gasteiger partial charge is 0.423 e. The third kappa shape index (κ3) is 4.52. The van der Waals surface area contributed by atoms with Crippen molar-refractivity contribution in [3.63, 3.8) is 0 Å². The van der Waals surface area contributed by atoms with Gasteiger partial charge in [-0.05, 0) is 61.2 Å². The molecule has 32 heavy (non-hydrogen) atoms. The zero-order valence-electron chi connectivity index (χ0n) is 17.9. The maximum Gasteiger partial charge on any atom is 0.336 e. The Hall–Kier alpha value is -3.99. The highest BCUT2D eigenvalue weighted by Gasteiger charge is 2.29. The van der Waals surface area contributed by atoms with Crippen LogP contribution in [0.3, 0.4) is 0 Å². The number of benzene rings is 3. The first-order valence-electron chi connectivity index (χ1n) is 10.4. The van der Waals surface area contributed by atoms with Crippen molar-refractivity contribution in [3.05, 3.63) is 112 Å². The molecular formula is C27H23NO4. The van der Waals surface area contributed by atoms with Gasteiger partial charge in [0.2, 0.25) is 5.91 Å². The number of para-hydroxylation sites is 1. The number of rotatable bonds is 6. The topological polar surface area (TPSA) is 76.4 Å². The van der Waals surface area contributed by atoms with Gasteiger partial charge in [0.15, 0.2) is 5.78 Å². The summed E-state index contributed by atoms with van der Waals surface area (Å²) >= 11 is 0. The van der Waals surface area contributed by atoms with E-state index in [1.165, 1.54) is 6.07 Å². The Kier molecular flexibility index (Phi) is 5.99. The molecule has 0 unspecified atom stereocenters. The predicted octanol–water partition coefficient (Wildman–Crippen LogP) is 5.09. The van der Waals surface area contributed by atoms with E-state index >= 15 is 0 Å². The lowest BCUT2D eigenvalue weighted by atomic mass is 9.89. The van der Waals surface area contributed by atoms with Crippen molar-refractivity contribution >= 4 is 28.3 Å². The zero-order valence-corrected chi connectivity index (χ0v) is 17.9. The van der Waals surface area contributed by atoms with Crippen molar-refractivity contribution < 1.29 is 14.0 Å². The van der Waals surface area contributed by atoms with Gasteiger partial charge in [-0.3, -0.25) is 9.59 Å². The highest BCUT2D eigenvalue weighted by atomic mass is 16.4. The fourth-order valence-electron chi connectivity index (χ4n) is 3.73. The Labute approximate surface area is 185 Å². The minimum absolute atomic E-state index is 0.0804. The summed E-state index contributed by atoms with van der Waals surface area (Å²) in [6.07, 6.45) is 0.0804. The highest BCUT2D eigenvalue weighted by molar-refractivity contribution is 6.14. The molecular weight excluding hydrogens is 402 g/mol. The van der Waals surface area contributed by atoms with Crippen LogP contribution in [-0.2, 0) is 11.2 Å². The highest BCUT2D eigenvalue weighted by Crippen LogP contribution is 2.25. The van der Waals surface area contributed by atoms with E-state index in [1.54, 1.807) is 36.4 Å². The summed E-state index contributed by atoms with van der Waals surface area (Å²) < 4.78 is 5.38.